The molecule has 7 N–H and O–H groups in total. The van der Waals surface area contributed by atoms with Gasteiger partial charge in [-0.3, -0.25) is 14.6 Å². The number of sulfonamides is 1. The van der Waals surface area contributed by atoms with Crippen LogP contribution in [0.4, 0.5) is 0 Å². The van der Waals surface area contributed by atoms with Gasteiger partial charge in [-0.05, 0) is 42.1 Å². The molecule has 11 heteroatoms. The Labute approximate surface area is 235 Å². The predicted octanol–water partition coefficient (Wildman–Crippen LogP) is 1.72. The molecule has 212 valence electrons. The van der Waals surface area contributed by atoms with Crippen LogP contribution >= 0.6 is 0 Å². The van der Waals surface area contributed by atoms with Crippen LogP contribution in [0, 0.1) is 0 Å². The summed E-state index contributed by atoms with van der Waals surface area (Å²) in [5.74, 6) is -1.42. The number of nitrogens with two attached hydrogens (primary N) is 2. The van der Waals surface area contributed by atoms with Gasteiger partial charge in [-0.25, -0.2) is 13.1 Å². The van der Waals surface area contributed by atoms with E-state index < -0.39 is 22.0 Å². The van der Waals surface area contributed by atoms with E-state index in [-0.39, 0.29) is 30.1 Å². The molecule has 10 nitrogen and oxygen atoms in total. The highest BCUT2D eigenvalue weighted by atomic mass is 32.2. The summed E-state index contributed by atoms with van der Waals surface area (Å²) in [6.45, 7) is 0.527. The number of nitrogens with one attached hydrogen (secondary N) is 3. The van der Waals surface area contributed by atoms with Gasteiger partial charge >= 0.3 is 0 Å². The van der Waals surface area contributed by atoms with E-state index in [9.17, 15) is 18.0 Å². The quantitative estimate of drug-likeness (QED) is 0.113. The van der Waals surface area contributed by atoms with Crippen LogP contribution in [0.15, 0.2) is 89.9 Å². The average molecular weight is 565 g/mol. The third kappa shape index (κ3) is 9.51. The summed E-state index contributed by atoms with van der Waals surface area (Å²) in [7, 11) is -2.01. The first-order chi connectivity index (χ1) is 19.2. The molecule has 3 aromatic rings. The van der Waals surface area contributed by atoms with Gasteiger partial charge in [0.1, 0.15) is 6.04 Å². The van der Waals surface area contributed by atoms with Crippen molar-refractivity contribution in [2.24, 2.45) is 16.5 Å². The van der Waals surface area contributed by atoms with Crippen LogP contribution in [0.2, 0.25) is 0 Å². The predicted molar refractivity (Wildman–Crippen MR) is 157 cm³/mol. The molecular formula is C29H36N6O4S. The number of rotatable bonds is 14. The first-order valence-corrected chi connectivity index (χ1v) is 14.6. The zero-order valence-corrected chi connectivity index (χ0v) is 23.2. The smallest absolute Gasteiger partial charge is 0.242 e. The van der Waals surface area contributed by atoms with Gasteiger partial charge in [0, 0.05) is 13.1 Å². The van der Waals surface area contributed by atoms with Gasteiger partial charge in [0.15, 0.2) is 5.96 Å². The molecule has 0 aliphatic rings. The number of carbonyl (C=O) groups is 2. The standard InChI is InChI=1S/C29H36N6O4S/c1-32-40(38,39)20-22-16-14-21(15-17-22)19-34-27(36)25(13-8-18-33-29(30)31)35-28(37)26(23-9-4-2-5-10-23)24-11-6-3-7-12-24/h2-7,9-12,14-17,25-26,32H,8,13,18-20H2,1H3,(H,34,36)(H,35,37)(H4,30,31,33)/t25-/m0/s1. The van der Waals surface area contributed by atoms with E-state index in [0.29, 0.717) is 24.9 Å². The maximum absolute atomic E-state index is 13.6. The normalized spacial score (nSPS) is 11.9. The molecule has 0 fully saturated rings. The van der Waals surface area contributed by atoms with Gasteiger partial charge < -0.3 is 22.1 Å². The monoisotopic (exact) mass is 564 g/mol. The minimum absolute atomic E-state index is 0.0378. The molecule has 0 saturated carbocycles. The Morgan fingerprint density at radius 1 is 0.825 bits per heavy atom. The van der Waals surface area contributed by atoms with E-state index in [4.69, 9.17) is 11.5 Å². The van der Waals surface area contributed by atoms with Crippen LogP contribution in [-0.2, 0) is 31.9 Å². The molecule has 0 radical (unpaired) electrons. The molecule has 0 spiro atoms. The first-order valence-electron chi connectivity index (χ1n) is 12.9. The molecule has 0 heterocycles. The third-order valence-corrected chi connectivity index (χ3v) is 7.60. The number of hydrogen-bond acceptors (Lipinski definition) is 5. The Morgan fingerprint density at radius 2 is 1.38 bits per heavy atom. The highest BCUT2D eigenvalue weighted by molar-refractivity contribution is 7.88. The van der Waals surface area contributed by atoms with Crippen LogP contribution in [0.5, 0.6) is 0 Å². The Bertz CT molecular complexity index is 1340. The average Bonchev–Trinajstić information content (AvgIpc) is 2.95. The van der Waals surface area contributed by atoms with Crippen LogP contribution in [0.1, 0.15) is 41.0 Å². The maximum atomic E-state index is 13.6. The van der Waals surface area contributed by atoms with Gasteiger partial charge in [-0.15, -0.1) is 0 Å². The molecule has 3 rings (SSSR count). The fourth-order valence-corrected chi connectivity index (χ4v) is 4.95. The van der Waals surface area contributed by atoms with Gasteiger partial charge in [0.05, 0.1) is 11.7 Å². The fraction of sp³-hybridized carbons (Fsp3) is 0.276. The van der Waals surface area contributed by atoms with Crippen LogP contribution in [-0.4, -0.2) is 45.8 Å². The summed E-state index contributed by atoms with van der Waals surface area (Å²) in [6, 6.07) is 24.9. The summed E-state index contributed by atoms with van der Waals surface area (Å²) < 4.78 is 25.9. The minimum Gasteiger partial charge on any atom is -0.370 e. The molecule has 0 aliphatic heterocycles. The van der Waals surface area contributed by atoms with Crippen molar-refractivity contribution in [3.8, 4) is 0 Å². The minimum atomic E-state index is -3.38. The number of benzene rings is 3. The lowest BCUT2D eigenvalue weighted by molar-refractivity contribution is -0.129. The number of aliphatic imine (C=N–C) groups is 1. The lowest BCUT2D eigenvalue weighted by Gasteiger charge is -2.23. The molecule has 0 bridgehead atoms. The second-order valence-corrected chi connectivity index (χ2v) is 11.2. The van der Waals surface area contributed by atoms with Crippen molar-refractivity contribution < 1.29 is 18.0 Å². The first kappa shape index (κ1) is 30.3. The number of amides is 2. The van der Waals surface area contributed by atoms with Gasteiger partial charge in [0.2, 0.25) is 21.8 Å². The van der Waals surface area contributed by atoms with Crippen molar-refractivity contribution in [3.63, 3.8) is 0 Å². The van der Waals surface area contributed by atoms with Gasteiger partial charge in [-0.1, -0.05) is 84.9 Å². The zero-order valence-electron chi connectivity index (χ0n) is 22.4. The molecule has 3 aromatic carbocycles. The SMILES string of the molecule is CNS(=O)(=O)Cc1ccc(CNC(=O)[C@H](CCCN=C(N)N)NC(=O)C(c2ccccc2)c2ccccc2)cc1. The Hall–Kier alpha value is -4.22. The molecule has 0 unspecified atom stereocenters. The zero-order chi connectivity index (χ0) is 29.0. The van der Waals surface area contributed by atoms with Gasteiger partial charge in [-0.2, -0.15) is 0 Å². The fourth-order valence-electron chi connectivity index (χ4n) is 4.17. The summed E-state index contributed by atoms with van der Waals surface area (Å²) >= 11 is 0. The number of nitrogens with zero attached hydrogens (tertiary/aromatic N) is 1. The number of hydrogen-bond donors (Lipinski definition) is 5. The number of guanidine groups is 1. The largest absolute Gasteiger partial charge is 0.370 e. The summed E-state index contributed by atoms with van der Waals surface area (Å²) in [5.41, 5.74) is 13.9. The third-order valence-electron chi connectivity index (χ3n) is 6.26. The van der Waals surface area contributed by atoms with Crippen molar-refractivity contribution in [1.82, 2.24) is 15.4 Å². The second kappa shape index (κ2) is 14.8. The van der Waals surface area contributed by atoms with Crippen molar-refractivity contribution in [2.45, 2.75) is 37.1 Å². The Balaban J connectivity index is 1.73. The van der Waals surface area contributed by atoms with Crippen molar-refractivity contribution >= 4 is 27.8 Å². The van der Waals surface area contributed by atoms with Gasteiger partial charge in [0.25, 0.3) is 0 Å². The molecule has 2 amide bonds. The summed E-state index contributed by atoms with van der Waals surface area (Å²) in [4.78, 5) is 30.9. The van der Waals surface area contributed by atoms with Crippen molar-refractivity contribution in [2.75, 3.05) is 13.6 Å². The molecule has 0 aliphatic carbocycles. The summed E-state index contributed by atoms with van der Waals surface area (Å²) in [5, 5.41) is 5.83. The maximum Gasteiger partial charge on any atom is 0.242 e. The molecule has 1 atom stereocenters. The molecule has 40 heavy (non-hydrogen) atoms. The van der Waals surface area contributed by atoms with E-state index in [2.05, 4.69) is 20.3 Å². The Morgan fingerprint density at radius 3 is 1.90 bits per heavy atom. The Kier molecular flexibility index (Phi) is 11.2. The second-order valence-electron chi connectivity index (χ2n) is 9.26. The molecule has 0 saturated heterocycles. The summed E-state index contributed by atoms with van der Waals surface area (Å²) in [6.07, 6.45) is 0.803. The van der Waals surface area contributed by atoms with Crippen molar-refractivity contribution in [1.29, 1.82) is 0 Å². The van der Waals surface area contributed by atoms with E-state index in [0.717, 1.165) is 16.7 Å². The lowest BCUT2D eigenvalue weighted by atomic mass is 9.90. The van der Waals surface area contributed by atoms with Crippen LogP contribution in [0.25, 0.3) is 0 Å². The lowest BCUT2D eigenvalue weighted by Crippen LogP contribution is -2.48. The van der Waals surface area contributed by atoms with E-state index in [1.807, 2.05) is 60.7 Å². The molecule has 0 aromatic heterocycles. The van der Waals surface area contributed by atoms with E-state index in [1.54, 1.807) is 24.3 Å². The van der Waals surface area contributed by atoms with Crippen LogP contribution < -0.4 is 26.8 Å². The topological polar surface area (TPSA) is 169 Å². The highest BCUT2D eigenvalue weighted by Gasteiger charge is 2.27. The van der Waals surface area contributed by atoms with Crippen LogP contribution in [0.3, 0.4) is 0 Å². The van der Waals surface area contributed by atoms with E-state index >= 15 is 0 Å². The number of carbonyl (C=O) groups excluding carboxylic acids is 2. The highest BCUT2D eigenvalue weighted by Crippen LogP contribution is 2.25. The van der Waals surface area contributed by atoms with Crippen molar-refractivity contribution in [3.05, 3.63) is 107 Å². The molecular weight excluding hydrogens is 528 g/mol. The van der Waals surface area contributed by atoms with E-state index in [1.165, 1.54) is 7.05 Å².